The highest BCUT2D eigenvalue weighted by Crippen LogP contribution is 2.21. The number of aryl methyl sites for hydroxylation is 1. The van der Waals surface area contributed by atoms with E-state index in [-0.39, 0.29) is 18.9 Å². The summed E-state index contributed by atoms with van der Waals surface area (Å²) in [6.07, 6.45) is 1.35. The molecule has 0 saturated heterocycles. The lowest BCUT2D eigenvalue weighted by Crippen LogP contribution is -2.52. The smallest absolute Gasteiger partial charge is 0.244 e. The molecule has 7 nitrogen and oxygen atoms in total. The van der Waals surface area contributed by atoms with Gasteiger partial charge in [0.2, 0.25) is 21.8 Å². The van der Waals surface area contributed by atoms with Crippen molar-refractivity contribution in [1.29, 1.82) is 0 Å². The SMILES string of the molecule is CNC(=O)[C@H](Cc1ccccc1)N(Cc1ccc(Br)cc1)C(=O)CN(c1ccc(C)cc1)S(C)(=O)=O. The quantitative estimate of drug-likeness (QED) is 0.399. The zero-order valence-electron chi connectivity index (χ0n) is 20.5. The van der Waals surface area contributed by atoms with Gasteiger partial charge in [0.05, 0.1) is 11.9 Å². The van der Waals surface area contributed by atoms with E-state index in [1.54, 1.807) is 24.3 Å². The Kier molecular flexibility index (Phi) is 9.28. The maximum atomic E-state index is 13.8. The van der Waals surface area contributed by atoms with Crippen LogP contribution in [0, 0.1) is 6.92 Å². The number of hydrogen-bond donors (Lipinski definition) is 1. The normalized spacial score (nSPS) is 12.0. The molecule has 3 aromatic rings. The molecule has 0 heterocycles. The minimum Gasteiger partial charge on any atom is -0.357 e. The summed E-state index contributed by atoms with van der Waals surface area (Å²) >= 11 is 3.42. The number of halogens is 1. The van der Waals surface area contributed by atoms with Gasteiger partial charge in [0.1, 0.15) is 12.6 Å². The van der Waals surface area contributed by atoms with Gasteiger partial charge >= 0.3 is 0 Å². The van der Waals surface area contributed by atoms with E-state index in [1.807, 2.05) is 61.5 Å². The number of amides is 2. The van der Waals surface area contributed by atoms with E-state index < -0.39 is 28.5 Å². The molecule has 0 aliphatic carbocycles. The molecule has 1 N–H and O–H groups in total. The average molecular weight is 573 g/mol. The van der Waals surface area contributed by atoms with Crippen LogP contribution in [0.15, 0.2) is 83.3 Å². The number of rotatable bonds is 10. The van der Waals surface area contributed by atoms with Gasteiger partial charge in [-0.2, -0.15) is 0 Å². The van der Waals surface area contributed by atoms with Crippen molar-refractivity contribution in [3.05, 3.63) is 100 Å². The number of carbonyl (C=O) groups is 2. The number of hydrogen-bond acceptors (Lipinski definition) is 4. The van der Waals surface area contributed by atoms with Crippen LogP contribution in [0.1, 0.15) is 16.7 Å². The summed E-state index contributed by atoms with van der Waals surface area (Å²) in [6, 6.07) is 23.0. The number of nitrogens with zero attached hydrogens (tertiary/aromatic N) is 2. The molecule has 0 fully saturated rings. The number of likely N-dealkylation sites (N-methyl/N-ethyl adjacent to an activating group) is 1. The number of anilines is 1. The van der Waals surface area contributed by atoms with E-state index in [0.717, 1.165) is 31.7 Å². The zero-order valence-corrected chi connectivity index (χ0v) is 22.9. The topological polar surface area (TPSA) is 86.8 Å². The molecule has 3 aromatic carbocycles. The van der Waals surface area contributed by atoms with Crippen molar-refractivity contribution in [3.63, 3.8) is 0 Å². The summed E-state index contributed by atoms with van der Waals surface area (Å²) in [4.78, 5) is 28.3. The lowest BCUT2D eigenvalue weighted by atomic mass is 10.0. The second kappa shape index (κ2) is 12.2. The minimum absolute atomic E-state index is 0.141. The fourth-order valence-corrected chi connectivity index (χ4v) is 4.95. The minimum atomic E-state index is -3.77. The standard InChI is InChI=1S/C27H30BrN3O4S/c1-20-9-15-24(16-10-20)31(36(3,34)35)19-26(32)30(18-22-11-13-23(28)14-12-22)25(27(33)29-2)17-21-7-5-4-6-8-21/h4-16,25H,17-19H2,1-3H3,(H,29,33)/t25-/m0/s1. The van der Waals surface area contributed by atoms with Crippen molar-refractivity contribution in [2.75, 3.05) is 24.2 Å². The van der Waals surface area contributed by atoms with Crippen LogP contribution in [-0.4, -0.2) is 51.0 Å². The molecule has 0 unspecified atom stereocenters. The van der Waals surface area contributed by atoms with Crippen molar-refractivity contribution in [2.45, 2.75) is 25.9 Å². The summed E-state index contributed by atoms with van der Waals surface area (Å²) in [6.45, 7) is 1.61. The third-order valence-corrected chi connectivity index (χ3v) is 7.45. The molecule has 9 heteroatoms. The maximum absolute atomic E-state index is 13.8. The van der Waals surface area contributed by atoms with Crippen LogP contribution < -0.4 is 9.62 Å². The Bertz CT molecular complexity index is 1280. The number of nitrogens with one attached hydrogen (secondary N) is 1. The molecule has 0 aromatic heterocycles. The summed E-state index contributed by atoms with van der Waals surface area (Å²) in [5, 5.41) is 2.66. The molecule has 1 atom stereocenters. The summed E-state index contributed by atoms with van der Waals surface area (Å²) in [7, 11) is -2.24. The average Bonchev–Trinajstić information content (AvgIpc) is 2.86. The molecule has 0 spiro atoms. The lowest BCUT2D eigenvalue weighted by Gasteiger charge is -2.33. The largest absolute Gasteiger partial charge is 0.357 e. The van der Waals surface area contributed by atoms with Crippen molar-refractivity contribution in [1.82, 2.24) is 10.2 Å². The molecular formula is C27H30BrN3O4S. The summed E-state index contributed by atoms with van der Waals surface area (Å²) in [5.41, 5.74) is 3.06. The number of sulfonamides is 1. The Balaban J connectivity index is 2.00. The van der Waals surface area contributed by atoms with Crippen LogP contribution >= 0.6 is 15.9 Å². The molecule has 0 aliphatic heterocycles. The highest BCUT2D eigenvalue weighted by Gasteiger charge is 2.32. The van der Waals surface area contributed by atoms with Gasteiger partial charge in [-0.15, -0.1) is 0 Å². The van der Waals surface area contributed by atoms with Gasteiger partial charge < -0.3 is 10.2 Å². The third-order valence-electron chi connectivity index (χ3n) is 5.78. The van der Waals surface area contributed by atoms with Crippen LogP contribution in [-0.2, 0) is 32.6 Å². The van der Waals surface area contributed by atoms with Crippen LogP contribution in [0.2, 0.25) is 0 Å². The van der Waals surface area contributed by atoms with Crippen LogP contribution in [0.3, 0.4) is 0 Å². The summed E-state index contributed by atoms with van der Waals surface area (Å²) < 4.78 is 27.3. The van der Waals surface area contributed by atoms with Gasteiger partial charge in [-0.05, 0) is 42.3 Å². The van der Waals surface area contributed by atoms with E-state index in [9.17, 15) is 18.0 Å². The van der Waals surface area contributed by atoms with E-state index in [0.29, 0.717) is 5.69 Å². The highest BCUT2D eigenvalue weighted by atomic mass is 79.9. The van der Waals surface area contributed by atoms with Gasteiger partial charge in [-0.3, -0.25) is 13.9 Å². The van der Waals surface area contributed by atoms with Gasteiger partial charge in [0, 0.05) is 24.5 Å². The van der Waals surface area contributed by atoms with E-state index in [4.69, 9.17) is 0 Å². The Morgan fingerprint density at radius 2 is 1.53 bits per heavy atom. The predicted octanol–water partition coefficient (Wildman–Crippen LogP) is 3.91. The molecule has 190 valence electrons. The Morgan fingerprint density at radius 3 is 2.08 bits per heavy atom. The first-order chi connectivity index (χ1) is 17.1. The van der Waals surface area contributed by atoms with E-state index in [1.165, 1.54) is 11.9 Å². The molecular weight excluding hydrogens is 542 g/mol. The maximum Gasteiger partial charge on any atom is 0.244 e. The highest BCUT2D eigenvalue weighted by molar-refractivity contribution is 9.10. The van der Waals surface area contributed by atoms with Gasteiger partial charge in [0.25, 0.3) is 0 Å². The molecule has 0 saturated carbocycles. The molecule has 3 rings (SSSR count). The second-order valence-electron chi connectivity index (χ2n) is 8.57. The van der Waals surface area contributed by atoms with Crippen molar-refractivity contribution in [2.24, 2.45) is 0 Å². The fraction of sp³-hybridized carbons (Fsp3) is 0.259. The first-order valence-corrected chi connectivity index (χ1v) is 14.1. The molecule has 0 radical (unpaired) electrons. The van der Waals surface area contributed by atoms with Gasteiger partial charge in [-0.25, -0.2) is 8.42 Å². The van der Waals surface area contributed by atoms with Gasteiger partial charge in [-0.1, -0.05) is 76.1 Å². The van der Waals surface area contributed by atoms with Crippen LogP contribution in [0.25, 0.3) is 0 Å². The van der Waals surface area contributed by atoms with Crippen molar-refractivity contribution in [3.8, 4) is 0 Å². The molecule has 0 bridgehead atoms. The van der Waals surface area contributed by atoms with Crippen LogP contribution in [0.4, 0.5) is 5.69 Å². The van der Waals surface area contributed by atoms with Crippen molar-refractivity contribution < 1.29 is 18.0 Å². The van der Waals surface area contributed by atoms with E-state index in [2.05, 4.69) is 21.2 Å². The van der Waals surface area contributed by atoms with E-state index >= 15 is 0 Å². The molecule has 36 heavy (non-hydrogen) atoms. The number of carbonyl (C=O) groups excluding carboxylic acids is 2. The molecule has 0 aliphatic rings. The van der Waals surface area contributed by atoms with Crippen LogP contribution in [0.5, 0.6) is 0 Å². The second-order valence-corrected chi connectivity index (χ2v) is 11.4. The van der Waals surface area contributed by atoms with Gasteiger partial charge in [0.15, 0.2) is 0 Å². The predicted molar refractivity (Wildman–Crippen MR) is 146 cm³/mol. The first kappa shape index (κ1) is 27.4. The first-order valence-electron chi connectivity index (χ1n) is 11.4. The Morgan fingerprint density at radius 1 is 0.917 bits per heavy atom. The fourth-order valence-electron chi connectivity index (χ4n) is 3.83. The Hall–Kier alpha value is -3.17. The zero-order chi connectivity index (χ0) is 26.3. The van der Waals surface area contributed by atoms with Crippen molar-refractivity contribution >= 4 is 43.5 Å². The number of benzene rings is 3. The summed E-state index contributed by atoms with van der Waals surface area (Å²) in [5.74, 6) is -0.806. The molecule has 2 amide bonds. The third kappa shape index (κ3) is 7.41. The Labute approximate surface area is 221 Å². The monoisotopic (exact) mass is 571 g/mol. The lowest BCUT2D eigenvalue weighted by molar-refractivity contribution is -0.139.